The molecule has 49 heavy (non-hydrogen) atoms. The fourth-order valence-electron chi connectivity index (χ4n) is 4.64. The molecule has 0 radical (unpaired) electrons. The number of ether oxygens (including phenoxy) is 1. The number of nitrogens with one attached hydrogen (secondary N) is 4. The molecule has 2 atom stereocenters. The lowest BCUT2D eigenvalue weighted by molar-refractivity contribution is -0.170. The fourth-order valence-corrected chi connectivity index (χ4v) is 4.64. The van der Waals surface area contributed by atoms with Crippen molar-refractivity contribution in [3.8, 4) is 0 Å². The molecule has 2 unspecified atom stereocenters. The number of H-pyrrole nitrogens is 1. The number of fused-ring (bicyclic) bond motifs is 1. The molecule has 6 N–H and O–H groups in total. The number of aromatic amines is 1. The first-order valence-corrected chi connectivity index (χ1v) is 15.0. The van der Waals surface area contributed by atoms with Gasteiger partial charge in [0.15, 0.2) is 16.9 Å². The number of hydrogen-bond acceptors (Lipinski definition) is 12. The standard InChI is InChI=1S/C30H36F3N9O7/c1-16(43)20(11-12-22(44)38-21(27(47)49-3)6-4-5-13-35-2)39-25(45)17-7-9-19(10-8-17)42(28(48)30(31,32)33)15-18-14-36-24-23(37-18)26(46)41-29(34)40-24/h7-10,14,20-21,35H,4-6,11-13,15H2,1-3H3,(H,38,44)(H,39,45)(H3,34,36,40,41,46). The van der Waals surface area contributed by atoms with Crippen LogP contribution in [0.2, 0.25) is 0 Å². The molecule has 1 aromatic carbocycles. The summed E-state index contributed by atoms with van der Waals surface area (Å²) in [7, 11) is 2.99. The lowest BCUT2D eigenvalue weighted by Gasteiger charge is -2.24. The van der Waals surface area contributed by atoms with Gasteiger partial charge in [0.25, 0.3) is 11.5 Å². The van der Waals surface area contributed by atoms with Crippen LogP contribution in [0.3, 0.4) is 0 Å². The number of methoxy groups -OCH3 is 1. The number of anilines is 2. The lowest BCUT2D eigenvalue weighted by Crippen LogP contribution is -2.44. The van der Waals surface area contributed by atoms with Crippen molar-refractivity contribution >= 4 is 52.3 Å². The lowest BCUT2D eigenvalue weighted by atomic mass is 10.1. The highest BCUT2D eigenvalue weighted by molar-refractivity contribution is 6.00. The van der Waals surface area contributed by atoms with Crippen molar-refractivity contribution in [1.29, 1.82) is 0 Å². The average molecular weight is 692 g/mol. The van der Waals surface area contributed by atoms with E-state index in [1.807, 2.05) is 0 Å². The molecule has 0 saturated carbocycles. The van der Waals surface area contributed by atoms with Crippen LogP contribution in [0.25, 0.3) is 11.2 Å². The predicted octanol–water partition coefficient (Wildman–Crippen LogP) is 0.906. The molecule has 3 aromatic rings. The third-order valence-corrected chi connectivity index (χ3v) is 7.18. The number of carbonyl (C=O) groups excluding carboxylic acids is 5. The Morgan fingerprint density at radius 1 is 1.02 bits per heavy atom. The van der Waals surface area contributed by atoms with E-state index in [1.165, 1.54) is 14.0 Å². The Labute approximate surface area is 277 Å². The number of nitrogens with zero attached hydrogens (tertiary/aromatic N) is 4. The molecule has 0 aliphatic carbocycles. The second kappa shape index (κ2) is 17.1. The Balaban J connectivity index is 1.71. The summed E-state index contributed by atoms with van der Waals surface area (Å²) >= 11 is 0. The van der Waals surface area contributed by atoms with Crippen LogP contribution in [0, 0.1) is 0 Å². The van der Waals surface area contributed by atoms with Crippen molar-refractivity contribution in [2.75, 3.05) is 31.3 Å². The summed E-state index contributed by atoms with van der Waals surface area (Å²) in [5.74, 6) is -4.89. The first kappa shape index (κ1) is 38.0. The molecule has 0 aliphatic heterocycles. The van der Waals surface area contributed by atoms with Gasteiger partial charge in [-0.1, -0.05) is 0 Å². The zero-order valence-corrected chi connectivity index (χ0v) is 26.8. The maximum atomic E-state index is 13.6. The Hall–Kier alpha value is -5.46. The number of halogens is 3. The SMILES string of the molecule is CNCCCCC(NC(=O)CCC(NC(=O)c1ccc(N(Cc2cnc3nc(N)[nH]c(=O)c3n2)C(=O)C(F)(F)F)cc1)C(C)=O)C(=O)OC. The number of benzene rings is 1. The van der Waals surface area contributed by atoms with Crippen LogP contribution >= 0.6 is 0 Å². The van der Waals surface area contributed by atoms with Gasteiger partial charge in [0.2, 0.25) is 11.9 Å². The van der Waals surface area contributed by atoms with Gasteiger partial charge in [0.1, 0.15) is 6.04 Å². The number of carbonyl (C=O) groups is 5. The quantitative estimate of drug-likeness (QED) is 0.104. The number of amides is 3. The molecule has 0 aliphatic rings. The Kier molecular flexibility index (Phi) is 13.3. The zero-order valence-electron chi connectivity index (χ0n) is 26.8. The number of Topliss-reactive ketones (excluding diaryl/α,β-unsaturated/α-hetero) is 1. The summed E-state index contributed by atoms with van der Waals surface area (Å²) in [6.45, 7) is 1.19. The van der Waals surface area contributed by atoms with E-state index < -0.39 is 59.8 Å². The summed E-state index contributed by atoms with van der Waals surface area (Å²) in [6, 6.07) is 2.47. The van der Waals surface area contributed by atoms with Crippen LogP contribution in [0.1, 0.15) is 55.1 Å². The van der Waals surface area contributed by atoms with Crippen molar-refractivity contribution < 1.29 is 41.9 Å². The Morgan fingerprint density at radius 3 is 2.33 bits per heavy atom. The van der Waals surface area contributed by atoms with Gasteiger partial charge in [-0.25, -0.2) is 14.8 Å². The molecule has 264 valence electrons. The molecule has 16 nitrogen and oxygen atoms in total. The number of nitrogens with two attached hydrogens (primary N) is 1. The van der Waals surface area contributed by atoms with E-state index in [4.69, 9.17) is 10.5 Å². The number of nitrogen functional groups attached to an aromatic ring is 1. The molecule has 2 heterocycles. The number of aromatic nitrogens is 4. The molecular formula is C30H36F3N9O7. The fraction of sp³-hybridized carbons (Fsp3) is 0.433. The van der Waals surface area contributed by atoms with Crippen molar-refractivity contribution in [3.05, 3.63) is 52.1 Å². The van der Waals surface area contributed by atoms with Crippen molar-refractivity contribution in [3.63, 3.8) is 0 Å². The molecule has 0 bridgehead atoms. The third kappa shape index (κ3) is 10.8. The van der Waals surface area contributed by atoms with E-state index in [2.05, 4.69) is 35.9 Å². The van der Waals surface area contributed by atoms with Gasteiger partial charge in [-0.15, -0.1) is 0 Å². The van der Waals surface area contributed by atoms with Gasteiger partial charge in [0.05, 0.1) is 31.6 Å². The van der Waals surface area contributed by atoms with Gasteiger partial charge in [0, 0.05) is 17.7 Å². The molecule has 0 saturated heterocycles. The first-order chi connectivity index (χ1) is 23.1. The first-order valence-electron chi connectivity index (χ1n) is 15.0. The van der Waals surface area contributed by atoms with Gasteiger partial charge in [-0.3, -0.25) is 33.9 Å². The number of hydrogen-bond donors (Lipinski definition) is 5. The molecular weight excluding hydrogens is 655 g/mol. The topological polar surface area (TPSA) is 231 Å². The highest BCUT2D eigenvalue weighted by Crippen LogP contribution is 2.26. The Bertz CT molecular complexity index is 1730. The van der Waals surface area contributed by atoms with Crippen LogP contribution in [0.4, 0.5) is 24.8 Å². The molecule has 19 heteroatoms. The number of alkyl halides is 3. The van der Waals surface area contributed by atoms with Gasteiger partial charge >= 0.3 is 18.1 Å². The largest absolute Gasteiger partial charge is 0.471 e. The summed E-state index contributed by atoms with van der Waals surface area (Å²) in [4.78, 5) is 88.8. The van der Waals surface area contributed by atoms with E-state index in [-0.39, 0.29) is 46.9 Å². The average Bonchev–Trinajstić information content (AvgIpc) is 3.05. The van der Waals surface area contributed by atoms with E-state index in [9.17, 15) is 41.9 Å². The monoisotopic (exact) mass is 691 g/mol. The van der Waals surface area contributed by atoms with Crippen LogP contribution < -0.4 is 32.1 Å². The molecule has 0 spiro atoms. The summed E-state index contributed by atoms with van der Waals surface area (Å²) in [5, 5.41) is 8.06. The van der Waals surface area contributed by atoms with Gasteiger partial charge in [-0.2, -0.15) is 18.2 Å². The minimum absolute atomic E-state index is 0.0631. The molecule has 3 rings (SSSR count). The number of rotatable bonds is 16. The van der Waals surface area contributed by atoms with Crippen molar-refractivity contribution in [2.24, 2.45) is 0 Å². The van der Waals surface area contributed by atoms with Crippen LogP contribution in [0.15, 0.2) is 35.3 Å². The minimum Gasteiger partial charge on any atom is -0.467 e. The highest BCUT2D eigenvalue weighted by Gasteiger charge is 2.43. The zero-order chi connectivity index (χ0) is 36.3. The summed E-state index contributed by atoms with van der Waals surface area (Å²) in [5.41, 5.74) is 3.72. The highest BCUT2D eigenvalue weighted by atomic mass is 19.4. The second-order valence-electron chi connectivity index (χ2n) is 10.8. The van der Waals surface area contributed by atoms with E-state index >= 15 is 0 Å². The van der Waals surface area contributed by atoms with E-state index in [0.29, 0.717) is 17.7 Å². The van der Waals surface area contributed by atoms with Crippen LogP contribution in [-0.2, 0) is 30.5 Å². The number of esters is 1. The minimum atomic E-state index is -5.29. The second-order valence-corrected chi connectivity index (χ2v) is 10.8. The van der Waals surface area contributed by atoms with Gasteiger partial charge in [-0.05, 0) is 70.5 Å². The number of ketones is 1. The molecule has 2 aromatic heterocycles. The predicted molar refractivity (Wildman–Crippen MR) is 169 cm³/mol. The molecule has 3 amide bonds. The van der Waals surface area contributed by atoms with Crippen molar-refractivity contribution in [2.45, 2.75) is 63.8 Å². The van der Waals surface area contributed by atoms with Crippen LogP contribution in [-0.4, -0.2) is 88.4 Å². The smallest absolute Gasteiger partial charge is 0.467 e. The Morgan fingerprint density at radius 2 is 1.71 bits per heavy atom. The molecule has 0 fully saturated rings. The normalized spacial score (nSPS) is 12.5. The number of unbranched alkanes of at least 4 members (excludes halogenated alkanes) is 1. The summed E-state index contributed by atoms with van der Waals surface area (Å²) in [6.07, 6.45) is -2.82. The maximum absolute atomic E-state index is 13.6. The van der Waals surface area contributed by atoms with Crippen LogP contribution in [0.5, 0.6) is 0 Å². The van der Waals surface area contributed by atoms with E-state index in [0.717, 1.165) is 43.4 Å². The third-order valence-electron chi connectivity index (χ3n) is 7.18. The maximum Gasteiger partial charge on any atom is 0.471 e. The summed E-state index contributed by atoms with van der Waals surface area (Å²) < 4.78 is 45.4. The van der Waals surface area contributed by atoms with Gasteiger partial charge < -0.3 is 26.4 Å². The van der Waals surface area contributed by atoms with E-state index in [1.54, 1.807) is 7.05 Å². The van der Waals surface area contributed by atoms with Crippen molar-refractivity contribution in [1.82, 2.24) is 35.9 Å².